The Bertz CT molecular complexity index is 619. The number of allylic oxidation sites excluding steroid dienone is 4. The Morgan fingerprint density at radius 1 is 1.18 bits per heavy atom. The van der Waals surface area contributed by atoms with Gasteiger partial charge in [-0.25, -0.2) is 0 Å². The lowest BCUT2D eigenvalue weighted by molar-refractivity contribution is -0.157. The number of benzene rings is 1. The fourth-order valence-electron chi connectivity index (χ4n) is 3.12. The molecule has 0 saturated carbocycles. The second-order valence-corrected chi connectivity index (χ2v) is 6.24. The largest absolute Gasteiger partial charge is 0.481 e. The highest BCUT2D eigenvalue weighted by molar-refractivity contribution is 9.10. The molecule has 5 heteroatoms. The van der Waals surface area contributed by atoms with E-state index in [0.29, 0.717) is 6.42 Å². The second-order valence-electron chi connectivity index (χ2n) is 5.32. The van der Waals surface area contributed by atoms with Crippen LogP contribution >= 0.6 is 15.9 Å². The number of carboxylic acid groups (broad SMARTS) is 2. The molecular formula is C17H17BrO4. The number of hydrogen-bond acceptors (Lipinski definition) is 2. The molecule has 4 nitrogen and oxygen atoms in total. The Labute approximate surface area is 137 Å². The zero-order valence-corrected chi connectivity index (χ0v) is 13.7. The summed E-state index contributed by atoms with van der Waals surface area (Å²) < 4.78 is 0.919. The van der Waals surface area contributed by atoms with Crippen LogP contribution in [0.2, 0.25) is 0 Å². The highest BCUT2D eigenvalue weighted by Gasteiger charge is 2.46. The van der Waals surface area contributed by atoms with E-state index in [-0.39, 0.29) is 0 Å². The summed E-state index contributed by atoms with van der Waals surface area (Å²) in [5.74, 6) is -4.75. The van der Waals surface area contributed by atoms with Crippen LogP contribution in [0, 0.1) is 11.8 Å². The third-order valence-electron chi connectivity index (χ3n) is 4.28. The van der Waals surface area contributed by atoms with Gasteiger partial charge in [0.1, 0.15) is 0 Å². The molecule has 0 saturated heterocycles. The maximum absolute atomic E-state index is 11.5. The lowest BCUT2D eigenvalue weighted by Gasteiger charge is -2.40. The number of rotatable bonds is 5. The van der Waals surface area contributed by atoms with Crippen LogP contribution in [0.3, 0.4) is 0 Å². The Balaban J connectivity index is 2.57. The molecule has 1 aliphatic carbocycles. The van der Waals surface area contributed by atoms with Gasteiger partial charge in [-0.15, -0.1) is 0 Å². The lowest BCUT2D eigenvalue weighted by Crippen LogP contribution is -2.43. The Morgan fingerprint density at radius 3 is 2.27 bits per heavy atom. The van der Waals surface area contributed by atoms with E-state index in [9.17, 15) is 19.8 Å². The van der Waals surface area contributed by atoms with Crippen LogP contribution in [0.5, 0.6) is 0 Å². The molecule has 0 radical (unpaired) electrons. The van der Waals surface area contributed by atoms with Gasteiger partial charge in [-0.05, 0) is 24.1 Å². The first-order valence-electron chi connectivity index (χ1n) is 7.00. The van der Waals surface area contributed by atoms with E-state index in [1.54, 1.807) is 12.2 Å². The van der Waals surface area contributed by atoms with Crippen LogP contribution in [0.25, 0.3) is 0 Å². The average molecular weight is 365 g/mol. The van der Waals surface area contributed by atoms with Gasteiger partial charge < -0.3 is 10.2 Å². The van der Waals surface area contributed by atoms with Crippen LogP contribution in [-0.2, 0) is 15.0 Å². The molecular weight excluding hydrogens is 348 g/mol. The van der Waals surface area contributed by atoms with E-state index in [4.69, 9.17) is 0 Å². The maximum Gasteiger partial charge on any atom is 0.318 e. The van der Waals surface area contributed by atoms with E-state index in [0.717, 1.165) is 10.0 Å². The van der Waals surface area contributed by atoms with Crippen molar-refractivity contribution in [1.29, 1.82) is 0 Å². The van der Waals surface area contributed by atoms with Crippen LogP contribution in [0.1, 0.15) is 18.9 Å². The molecule has 0 fully saturated rings. The standard InChI is InChI=1S/C17H17BrO4/c1-2-17(11-6-8-12(18)9-7-11)10-4-3-5-13(17)14(15(19)20)16(21)22/h3-10,13-14H,2H2,1H3,(H,19,20)(H,21,22). The van der Waals surface area contributed by atoms with Crippen molar-refractivity contribution in [1.82, 2.24) is 0 Å². The average Bonchev–Trinajstić information content (AvgIpc) is 2.48. The summed E-state index contributed by atoms with van der Waals surface area (Å²) in [6, 6.07) is 7.58. The second kappa shape index (κ2) is 6.48. The summed E-state index contributed by atoms with van der Waals surface area (Å²) in [4.78, 5) is 23.0. The van der Waals surface area contributed by atoms with Gasteiger partial charge in [0.05, 0.1) is 0 Å². The summed E-state index contributed by atoms with van der Waals surface area (Å²) in [7, 11) is 0. The van der Waals surface area contributed by atoms with Crippen molar-refractivity contribution in [2.24, 2.45) is 11.8 Å². The van der Waals surface area contributed by atoms with Crippen LogP contribution in [0.15, 0.2) is 53.0 Å². The van der Waals surface area contributed by atoms with Crippen molar-refractivity contribution in [2.45, 2.75) is 18.8 Å². The fourth-order valence-corrected chi connectivity index (χ4v) is 3.39. The smallest absolute Gasteiger partial charge is 0.318 e. The summed E-state index contributed by atoms with van der Waals surface area (Å²) >= 11 is 3.38. The molecule has 2 unspecified atom stereocenters. The molecule has 0 bridgehead atoms. The van der Waals surface area contributed by atoms with Gasteiger partial charge in [0.25, 0.3) is 0 Å². The molecule has 22 heavy (non-hydrogen) atoms. The van der Waals surface area contributed by atoms with E-state index < -0.39 is 29.2 Å². The summed E-state index contributed by atoms with van der Waals surface area (Å²) in [6.07, 6.45) is 7.79. The number of aliphatic carboxylic acids is 2. The Kier molecular flexibility index (Phi) is 4.86. The van der Waals surface area contributed by atoms with Gasteiger partial charge in [0, 0.05) is 15.8 Å². The van der Waals surface area contributed by atoms with Gasteiger partial charge in [-0.2, -0.15) is 0 Å². The predicted molar refractivity (Wildman–Crippen MR) is 86.6 cm³/mol. The third kappa shape index (κ3) is 2.86. The number of halogens is 1. The SMILES string of the molecule is CCC1(c2ccc(Br)cc2)C=CC=CC1C(C(=O)O)C(=O)O. The first-order chi connectivity index (χ1) is 10.4. The summed E-state index contributed by atoms with van der Waals surface area (Å²) in [6.45, 7) is 1.94. The first-order valence-corrected chi connectivity index (χ1v) is 7.79. The normalized spacial score (nSPS) is 23.7. The van der Waals surface area contributed by atoms with Crippen LogP contribution < -0.4 is 0 Å². The van der Waals surface area contributed by atoms with Crippen molar-refractivity contribution in [3.63, 3.8) is 0 Å². The summed E-state index contributed by atoms with van der Waals surface area (Å²) in [5.41, 5.74) is 0.271. The van der Waals surface area contributed by atoms with Gasteiger partial charge in [0.2, 0.25) is 0 Å². The molecule has 0 amide bonds. The van der Waals surface area contributed by atoms with Gasteiger partial charge in [0.15, 0.2) is 5.92 Å². The molecule has 2 atom stereocenters. The quantitative estimate of drug-likeness (QED) is 0.782. The monoisotopic (exact) mass is 364 g/mol. The van der Waals surface area contributed by atoms with Crippen LogP contribution in [0.4, 0.5) is 0 Å². The predicted octanol–water partition coefficient (Wildman–Crippen LogP) is 3.62. The molecule has 116 valence electrons. The molecule has 1 aliphatic rings. The van der Waals surface area contributed by atoms with E-state index >= 15 is 0 Å². The topological polar surface area (TPSA) is 74.6 Å². The molecule has 0 spiro atoms. The van der Waals surface area contributed by atoms with Crippen molar-refractivity contribution in [3.8, 4) is 0 Å². The van der Waals surface area contributed by atoms with Crippen molar-refractivity contribution >= 4 is 27.9 Å². The zero-order chi connectivity index (χ0) is 16.3. The van der Waals surface area contributed by atoms with Gasteiger partial charge >= 0.3 is 11.9 Å². The minimum Gasteiger partial charge on any atom is -0.481 e. The van der Waals surface area contributed by atoms with Gasteiger partial charge in [-0.3, -0.25) is 9.59 Å². The van der Waals surface area contributed by atoms with Crippen molar-refractivity contribution in [2.75, 3.05) is 0 Å². The van der Waals surface area contributed by atoms with E-state index in [1.807, 2.05) is 43.3 Å². The van der Waals surface area contributed by atoms with Gasteiger partial charge in [-0.1, -0.05) is 59.3 Å². The van der Waals surface area contributed by atoms with Crippen LogP contribution in [-0.4, -0.2) is 22.2 Å². The zero-order valence-electron chi connectivity index (χ0n) is 12.1. The summed E-state index contributed by atoms with van der Waals surface area (Å²) in [5, 5.41) is 18.7. The van der Waals surface area contributed by atoms with Crippen molar-refractivity contribution < 1.29 is 19.8 Å². The fraction of sp³-hybridized carbons (Fsp3) is 0.294. The third-order valence-corrected chi connectivity index (χ3v) is 4.80. The number of carboxylic acids is 2. The van der Waals surface area contributed by atoms with E-state index in [1.165, 1.54) is 0 Å². The highest BCUT2D eigenvalue weighted by atomic mass is 79.9. The molecule has 1 aromatic rings. The molecule has 2 N–H and O–H groups in total. The van der Waals surface area contributed by atoms with Crippen molar-refractivity contribution in [3.05, 3.63) is 58.6 Å². The maximum atomic E-state index is 11.5. The van der Waals surface area contributed by atoms with E-state index in [2.05, 4.69) is 15.9 Å². The number of hydrogen-bond donors (Lipinski definition) is 2. The molecule has 0 heterocycles. The molecule has 0 aromatic heterocycles. The Hall–Kier alpha value is -1.88. The lowest BCUT2D eigenvalue weighted by atomic mass is 9.62. The molecule has 2 rings (SSSR count). The minimum absolute atomic E-state index is 0.608. The number of carbonyl (C=O) groups is 2. The molecule has 0 aliphatic heterocycles. The molecule has 1 aromatic carbocycles. The highest BCUT2D eigenvalue weighted by Crippen LogP contribution is 2.44. The Morgan fingerprint density at radius 2 is 1.77 bits per heavy atom. The first kappa shape index (κ1) is 16.5. The minimum atomic E-state index is -1.48.